The van der Waals surface area contributed by atoms with Crippen molar-refractivity contribution in [3.8, 4) is 6.07 Å². The van der Waals surface area contributed by atoms with Gasteiger partial charge in [-0.3, -0.25) is 0 Å². The lowest BCUT2D eigenvalue weighted by Crippen LogP contribution is -2.45. The fraction of sp³-hybridized carbons (Fsp3) is 0.650. The Labute approximate surface area is 135 Å². The van der Waals surface area contributed by atoms with Gasteiger partial charge in [0.05, 0.1) is 11.5 Å². The van der Waals surface area contributed by atoms with Gasteiger partial charge in [0, 0.05) is 19.1 Å². The van der Waals surface area contributed by atoms with Crippen LogP contribution in [0.25, 0.3) is 0 Å². The largest absolute Gasteiger partial charge is 0.300 e. The summed E-state index contributed by atoms with van der Waals surface area (Å²) in [6, 6.07) is 12.3. The molecule has 2 heteroatoms. The SMILES string of the molecule is CC(C)c1ccc(C2(C#N)CCN(C3CCCC3)CC2)cc1. The zero-order valence-electron chi connectivity index (χ0n) is 14.0. The Morgan fingerprint density at radius 1 is 1.09 bits per heavy atom. The highest BCUT2D eigenvalue weighted by Gasteiger charge is 2.38. The molecule has 0 atom stereocenters. The van der Waals surface area contributed by atoms with E-state index in [0.717, 1.165) is 32.0 Å². The zero-order chi connectivity index (χ0) is 15.6. The van der Waals surface area contributed by atoms with Crippen molar-refractivity contribution in [2.45, 2.75) is 69.7 Å². The lowest BCUT2D eigenvalue weighted by atomic mass is 9.73. The Bertz CT molecular complexity index is 524. The lowest BCUT2D eigenvalue weighted by Gasteiger charge is -2.40. The van der Waals surface area contributed by atoms with E-state index in [9.17, 15) is 5.26 Å². The molecule has 1 aliphatic carbocycles. The molecule has 22 heavy (non-hydrogen) atoms. The molecule has 1 saturated heterocycles. The topological polar surface area (TPSA) is 27.0 Å². The molecular weight excluding hydrogens is 268 g/mol. The number of hydrogen-bond acceptors (Lipinski definition) is 2. The van der Waals surface area contributed by atoms with Gasteiger partial charge in [0.2, 0.25) is 0 Å². The second kappa shape index (κ2) is 6.42. The van der Waals surface area contributed by atoms with E-state index in [0.29, 0.717) is 5.92 Å². The molecule has 1 heterocycles. The average molecular weight is 296 g/mol. The molecule has 0 bridgehead atoms. The summed E-state index contributed by atoms with van der Waals surface area (Å²) in [6.45, 7) is 6.61. The van der Waals surface area contributed by atoms with Crippen molar-refractivity contribution in [2.24, 2.45) is 0 Å². The smallest absolute Gasteiger partial charge is 0.0846 e. The van der Waals surface area contributed by atoms with Crippen molar-refractivity contribution in [3.05, 3.63) is 35.4 Å². The molecule has 1 aromatic carbocycles. The van der Waals surface area contributed by atoms with E-state index in [2.05, 4.69) is 49.1 Å². The molecule has 2 nitrogen and oxygen atoms in total. The minimum Gasteiger partial charge on any atom is -0.300 e. The van der Waals surface area contributed by atoms with Crippen molar-refractivity contribution in [2.75, 3.05) is 13.1 Å². The highest BCUT2D eigenvalue weighted by molar-refractivity contribution is 5.36. The monoisotopic (exact) mass is 296 g/mol. The summed E-state index contributed by atoms with van der Waals surface area (Å²) >= 11 is 0. The Hall–Kier alpha value is -1.33. The van der Waals surface area contributed by atoms with Crippen LogP contribution in [0.15, 0.2) is 24.3 Å². The third-order valence-corrected chi connectivity index (χ3v) is 5.84. The molecule has 0 radical (unpaired) electrons. The van der Waals surface area contributed by atoms with Gasteiger partial charge in [0.1, 0.15) is 0 Å². The van der Waals surface area contributed by atoms with Crippen LogP contribution in [0.2, 0.25) is 0 Å². The van der Waals surface area contributed by atoms with E-state index in [-0.39, 0.29) is 5.41 Å². The maximum Gasteiger partial charge on any atom is 0.0846 e. The first-order valence-corrected chi connectivity index (χ1v) is 8.90. The van der Waals surface area contributed by atoms with E-state index >= 15 is 0 Å². The predicted octanol–water partition coefficient (Wildman–Crippen LogP) is 4.61. The Balaban J connectivity index is 1.72. The zero-order valence-corrected chi connectivity index (χ0v) is 14.0. The van der Waals surface area contributed by atoms with Gasteiger partial charge >= 0.3 is 0 Å². The van der Waals surface area contributed by atoms with Crippen LogP contribution in [-0.2, 0) is 5.41 Å². The Morgan fingerprint density at radius 2 is 1.68 bits per heavy atom. The quantitative estimate of drug-likeness (QED) is 0.814. The van der Waals surface area contributed by atoms with E-state index in [1.165, 1.54) is 36.8 Å². The van der Waals surface area contributed by atoms with Crippen molar-refractivity contribution in [1.82, 2.24) is 4.90 Å². The van der Waals surface area contributed by atoms with Crippen LogP contribution in [0, 0.1) is 11.3 Å². The van der Waals surface area contributed by atoms with Crippen LogP contribution in [0.3, 0.4) is 0 Å². The van der Waals surface area contributed by atoms with Crippen LogP contribution in [-0.4, -0.2) is 24.0 Å². The minimum absolute atomic E-state index is 0.259. The van der Waals surface area contributed by atoms with Crippen LogP contribution >= 0.6 is 0 Å². The lowest BCUT2D eigenvalue weighted by molar-refractivity contribution is 0.135. The van der Waals surface area contributed by atoms with Crippen molar-refractivity contribution in [3.63, 3.8) is 0 Å². The van der Waals surface area contributed by atoms with Gasteiger partial charge in [0.15, 0.2) is 0 Å². The molecule has 0 spiro atoms. The van der Waals surface area contributed by atoms with Gasteiger partial charge < -0.3 is 4.90 Å². The Kier molecular flexibility index (Phi) is 4.54. The number of benzene rings is 1. The molecule has 118 valence electrons. The van der Waals surface area contributed by atoms with Gasteiger partial charge in [0.25, 0.3) is 0 Å². The minimum atomic E-state index is -0.259. The summed E-state index contributed by atoms with van der Waals surface area (Å²) in [5.74, 6) is 0.552. The third-order valence-electron chi connectivity index (χ3n) is 5.84. The van der Waals surface area contributed by atoms with Gasteiger partial charge in [-0.15, -0.1) is 0 Å². The maximum absolute atomic E-state index is 9.86. The molecule has 0 unspecified atom stereocenters. The average Bonchev–Trinajstić information content (AvgIpc) is 3.09. The normalized spacial score (nSPS) is 22.8. The fourth-order valence-corrected chi connectivity index (χ4v) is 4.19. The molecule has 1 aliphatic heterocycles. The van der Waals surface area contributed by atoms with Gasteiger partial charge in [-0.05, 0) is 42.7 Å². The number of rotatable bonds is 3. The molecule has 0 N–H and O–H groups in total. The van der Waals surface area contributed by atoms with Crippen molar-refractivity contribution < 1.29 is 0 Å². The first-order chi connectivity index (χ1) is 10.6. The summed E-state index contributed by atoms with van der Waals surface area (Å²) in [5, 5.41) is 9.86. The number of likely N-dealkylation sites (tertiary alicyclic amines) is 1. The number of piperidine rings is 1. The summed E-state index contributed by atoms with van der Waals surface area (Å²) in [4.78, 5) is 2.64. The fourth-order valence-electron chi connectivity index (χ4n) is 4.19. The highest BCUT2D eigenvalue weighted by Crippen LogP contribution is 2.37. The molecule has 2 fully saturated rings. The molecule has 0 aromatic heterocycles. The van der Waals surface area contributed by atoms with E-state index in [4.69, 9.17) is 0 Å². The molecule has 3 rings (SSSR count). The van der Waals surface area contributed by atoms with Crippen LogP contribution in [0.5, 0.6) is 0 Å². The number of hydrogen-bond donors (Lipinski definition) is 0. The van der Waals surface area contributed by atoms with Crippen LogP contribution < -0.4 is 0 Å². The second-order valence-corrected chi connectivity index (χ2v) is 7.44. The second-order valence-electron chi connectivity index (χ2n) is 7.44. The standard InChI is InChI=1S/C20H28N2/c1-16(2)17-7-9-18(10-8-17)20(15-21)11-13-22(14-12-20)19-5-3-4-6-19/h7-10,16,19H,3-6,11-14H2,1-2H3. The summed E-state index contributed by atoms with van der Waals surface area (Å²) in [7, 11) is 0. The van der Waals surface area contributed by atoms with Gasteiger partial charge in [-0.25, -0.2) is 0 Å². The van der Waals surface area contributed by atoms with Crippen molar-refractivity contribution in [1.29, 1.82) is 5.26 Å². The number of nitriles is 1. The van der Waals surface area contributed by atoms with Gasteiger partial charge in [-0.2, -0.15) is 5.26 Å². The van der Waals surface area contributed by atoms with Crippen LogP contribution in [0.1, 0.15) is 69.4 Å². The van der Waals surface area contributed by atoms with Gasteiger partial charge in [-0.1, -0.05) is 51.0 Å². The Morgan fingerprint density at radius 3 is 2.18 bits per heavy atom. The van der Waals surface area contributed by atoms with Crippen molar-refractivity contribution >= 4 is 0 Å². The maximum atomic E-state index is 9.86. The summed E-state index contributed by atoms with van der Waals surface area (Å²) in [5.41, 5.74) is 2.33. The third kappa shape index (κ3) is 2.92. The summed E-state index contributed by atoms with van der Waals surface area (Å²) < 4.78 is 0. The van der Waals surface area contributed by atoms with E-state index in [1.807, 2.05) is 0 Å². The molecule has 2 aliphatic rings. The van der Waals surface area contributed by atoms with E-state index < -0.39 is 0 Å². The molecular formula is C20H28N2. The predicted molar refractivity (Wildman–Crippen MR) is 90.9 cm³/mol. The first kappa shape index (κ1) is 15.6. The number of nitrogens with zero attached hydrogens (tertiary/aromatic N) is 2. The summed E-state index contributed by atoms with van der Waals surface area (Å²) in [6.07, 6.45) is 7.48. The highest BCUT2D eigenvalue weighted by atomic mass is 15.2. The van der Waals surface area contributed by atoms with E-state index in [1.54, 1.807) is 0 Å². The molecule has 0 amide bonds. The molecule has 1 saturated carbocycles. The molecule has 1 aromatic rings. The first-order valence-electron chi connectivity index (χ1n) is 8.90. The van der Waals surface area contributed by atoms with Crippen LogP contribution in [0.4, 0.5) is 0 Å².